The fourth-order valence-corrected chi connectivity index (χ4v) is 1.28. The molecule has 0 radical (unpaired) electrons. The summed E-state index contributed by atoms with van der Waals surface area (Å²) in [5.41, 5.74) is 3.18. The minimum Gasteiger partial charge on any atom is -0.316 e. The van der Waals surface area contributed by atoms with Gasteiger partial charge < -0.3 is 4.90 Å². The Bertz CT molecular complexity index is 231. The maximum absolute atomic E-state index is 4.29. The van der Waals surface area contributed by atoms with Crippen LogP contribution in [0, 0.1) is 0 Å². The molecule has 11 heavy (non-hydrogen) atoms. The van der Waals surface area contributed by atoms with Crippen LogP contribution in [0.25, 0.3) is 0 Å². The zero-order valence-electron chi connectivity index (χ0n) is 6.83. The van der Waals surface area contributed by atoms with Gasteiger partial charge in [0.05, 0.1) is 0 Å². The molecule has 4 heteroatoms. The lowest BCUT2D eigenvalue weighted by Crippen LogP contribution is -2.37. The summed E-state index contributed by atoms with van der Waals surface area (Å²) in [5.74, 6) is 2.18. The van der Waals surface area contributed by atoms with Gasteiger partial charge in [-0.05, 0) is 19.4 Å². The van der Waals surface area contributed by atoms with Crippen LogP contribution in [0.5, 0.6) is 0 Å². The molecule has 0 spiro atoms. The number of nitrogens with zero attached hydrogens (tertiary/aromatic N) is 3. The lowest BCUT2D eigenvalue weighted by Gasteiger charge is -2.24. The molecule has 2 rings (SSSR count). The SMILES string of the molecule is CC1=NN2NCCC=C2N1C. The summed E-state index contributed by atoms with van der Waals surface area (Å²) in [7, 11) is 2.03. The molecule has 0 bridgehead atoms. The van der Waals surface area contributed by atoms with Crippen molar-refractivity contribution in [3.05, 3.63) is 11.9 Å². The topological polar surface area (TPSA) is 30.9 Å². The Morgan fingerprint density at radius 2 is 2.45 bits per heavy atom. The van der Waals surface area contributed by atoms with Crippen LogP contribution in [0.15, 0.2) is 17.0 Å². The molecule has 1 N–H and O–H groups in total. The molecular formula is C7H12N4. The maximum atomic E-state index is 4.29. The third-order valence-electron chi connectivity index (χ3n) is 2.02. The van der Waals surface area contributed by atoms with Gasteiger partial charge in [-0.15, -0.1) is 5.10 Å². The molecule has 0 saturated carbocycles. The summed E-state index contributed by atoms with van der Waals surface area (Å²) in [6.07, 6.45) is 3.27. The van der Waals surface area contributed by atoms with Crippen LogP contribution < -0.4 is 5.43 Å². The van der Waals surface area contributed by atoms with Crippen LogP contribution in [0.2, 0.25) is 0 Å². The zero-order chi connectivity index (χ0) is 7.84. The van der Waals surface area contributed by atoms with Gasteiger partial charge in [0.25, 0.3) is 0 Å². The van der Waals surface area contributed by atoms with Gasteiger partial charge in [0.15, 0.2) is 0 Å². The van der Waals surface area contributed by atoms with Gasteiger partial charge in [0.2, 0.25) is 0 Å². The van der Waals surface area contributed by atoms with Crippen molar-refractivity contribution < 1.29 is 0 Å². The first-order chi connectivity index (χ1) is 5.29. The van der Waals surface area contributed by atoms with Crippen LogP contribution in [0.4, 0.5) is 0 Å². The number of nitrogens with one attached hydrogen (secondary N) is 1. The molecule has 0 amide bonds. The Balaban J connectivity index is 2.29. The highest BCUT2D eigenvalue weighted by atomic mass is 15.8. The molecule has 2 aliphatic heterocycles. The monoisotopic (exact) mass is 152 g/mol. The third-order valence-corrected chi connectivity index (χ3v) is 2.02. The summed E-state index contributed by atoms with van der Waals surface area (Å²) in [5, 5.41) is 6.12. The van der Waals surface area contributed by atoms with E-state index in [2.05, 4.69) is 21.5 Å². The van der Waals surface area contributed by atoms with Gasteiger partial charge in [0.1, 0.15) is 11.7 Å². The van der Waals surface area contributed by atoms with Gasteiger partial charge in [-0.3, -0.25) is 0 Å². The van der Waals surface area contributed by atoms with E-state index < -0.39 is 0 Å². The fourth-order valence-electron chi connectivity index (χ4n) is 1.28. The molecule has 0 fully saturated rings. The van der Waals surface area contributed by atoms with Crippen molar-refractivity contribution in [2.45, 2.75) is 13.3 Å². The molecule has 4 nitrogen and oxygen atoms in total. The van der Waals surface area contributed by atoms with Gasteiger partial charge in [-0.25, -0.2) is 5.43 Å². The van der Waals surface area contributed by atoms with E-state index in [-0.39, 0.29) is 0 Å². The molecule has 0 aliphatic carbocycles. The molecule has 0 aromatic carbocycles. The average molecular weight is 152 g/mol. The molecule has 0 aromatic rings. The second-order valence-corrected chi connectivity index (χ2v) is 2.78. The van der Waals surface area contributed by atoms with Crippen molar-refractivity contribution in [2.75, 3.05) is 13.6 Å². The Morgan fingerprint density at radius 3 is 3.18 bits per heavy atom. The Labute approximate surface area is 66.1 Å². The minimum atomic E-state index is 0.980. The van der Waals surface area contributed by atoms with Gasteiger partial charge in [0, 0.05) is 13.6 Å². The summed E-state index contributed by atoms with van der Waals surface area (Å²) in [6.45, 7) is 2.98. The van der Waals surface area contributed by atoms with Crippen molar-refractivity contribution in [1.29, 1.82) is 0 Å². The van der Waals surface area contributed by atoms with Crippen molar-refractivity contribution >= 4 is 5.84 Å². The lowest BCUT2D eigenvalue weighted by molar-refractivity contribution is 0.226. The largest absolute Gasteiger partial charge is 0.316 e. The molecule has 60 valence electrons. The van der Waals surface area contributed by atoms with E-state index in [0.29, 0.717) is 0 Å². The van der Waals surface area contributed by atoms with Crippen LogP contribution in [0.1, 0.15) is 13.3 Å². The highest BCUT2D eigenvalue weighted by Gasteiger charge is 2.24. The normalized spacial score (nSPS) is 23.1. The number of hydrogen-bond donors (Lipinski definition) is 1. The number of rotatable bonds is 0. The van der Waals surface area contributed by atoms with Crippen LogP contribution in [-0.2, 0) is 0 Å². The summed E-state index contributed by atoms with van der Waals surface area (Å²) in [6, 6.07) is 0. The number of amidine groups is 1. The van der Waals surface area contributed by atoms with Crippen LogP contribution >= 0.6 is 0 Å². The second kappa shape index (κ2) is 2.23. The Hall–Kier alpha value is -1.03. The van der Waals surface area contributed by atoms with E-state index in [1.165, 1.54) is 0 Å². The fraction of sp³-hybridized carbons (Fsp3) is 0.571. The maximum Gasteiger partial charge on any atom is 0.144 e. The van der Waals surface area contributed by atoms with E-state index >= 15 is 0 Å². The lowest BCUT2D eigenvalue weighted by atomic mass is 10.3. The molecule has 0 aromatic heterocycles. The van der Waals surface area contributed by atoms with Gasteiger partial charge in [-0.2, -0.15) is 5.12 Å². The summed E-state index contributed by atoms with van der Waals surface area (Å²) >= 11 is 0. The van der Waals surface area contributed by atoms with Crippen LogP contribution in [-0.4, -0.2) is 29.4 Å². The van der Waals surface area contributed by atoms with Gasteiger partial charge >= 0.3 is 0 Å². The van der Waals surface area contributed by atoms with E-state index in [0.717, 1.165) is 24.6 Å². The first-order valence-corrected chi connectivity index (χ1v) is 3.82. The van der Waals surface area contributed by atoms with E-state index in [9.17, 15) is 0 Å². The highest BCUT2D eigenvalue weighted by Crippen LogP contribution is 2.18. The van der Waals surface area contributed by atoms with Crippen molar-refractivity contribution in [3.63, 3.8) is 0 Å². The van der Waals surface area contributed by atoms with Crippen molar-refractivity contribution in [2.24, 2.45) is 5.10 Å². The van der Waals surface area contributed by atoms with Crippen molar-refractivity contribution in [1.82, 2.24) is 15.4 Å². The predicted molar refractivity (Wildman–Crippen MR) is 43.4 cm³/mol. The standard InChI is InChI=1S/C7H12N4/c1-6-9-11-7(10(6)2)4-3-5-8-11/h4,8H,3,5H2,1-2H3. The van der Waals surface area contributed by atoms with Gasteiger partial charge in [-0.1, -0.05) is 0 Å². The van der Waals surface area contributed by atoms with Crippen molar-refractivity contribution in [3.8, 4) is 0 Å². The van der Waals surface area contributed by atoms with E-state index in [1.54, 1.807) is 0 Å². The predicted octanol–water partition coefficient (Wildman–Crippen LogP) is 0.317. The molecule has 0 saturated heterocycles. The summed E-state index contributed by atoms with van der Waals surface area (Å²) in [4.78, 5) is 2.08. The Morgan fingerprint density at radius 1 is 1.64 bits per heavy atom. The molecule has 0 unspecified atom stereocenters. The van der Waals surface area contributed by atoms with E-state index in [1.807, 2.05) is 19.1 Å². The quantitative estimate of drug-likeness (QED) is 0.542. The third kappa shape index (κ3) is 0.903. The second-order valence-electron chi connectivity index (χ2n) is 2.78. The number of hydrazone groups is 1. The minimum absolute atomic E-state index is 0.980. The van der Waals surface area contributed by atoms with Crippen LogP contribution in [0.3, 0.4) is 0 Å². The Kier molecular flexibility index (Phi) is 1.35. The molecule has 0 atom stereocenters. The molecule has 2 aliphatic rings. The number of hydrazine groups is 1. The average Bonchev–Trinajstić information content (AvgIpc) is 2.30. The first-order valence-electron chi connectivity index (χ1n) is 3.82. The van der Waals surface area contributed by atoms with E-state index in [4.69, 9.17) is 0 Å². The molecule has 2 heterocycles. The zero-order valence-corrected chi connectivity index (χ0v) is 6.83. The number of fused-ring (bicyclic) bond motifs is 1. The first kappa shape index (κ1) is 6.67. The summed E-state index contributed by atoms with van der Waals surface area (Å²) < 4.78 is 0. The smallest absolute Gasteiger partial charge is 0.144 e. The highest BCUT2D eigenvalue weighted by molar-refractivity contribution is 5.82. The number of hydrogen-bond acceptors (Lipinski definition) is 4. The molecular weight excluding hydrogens is 140 g/mol.